The topological polar surface area (TPSA) is 127 Å². The van der Waals surface area contributed by atoms with Crippen molar-refractivity contribution in [2.24, 2.45) is 10.9 Å². The largest absolute Gasteiger partial charge is 0.476 e. The minimum atomic E-state index is -1.34. The number of anilines is 1. The third-order valence-electron chi connectivity index (χ3n) is 5.23. The Balaban J connectivity index is 1.82. The standard InChI is InChI=1S/C26H22N4O4S/c27-22(31)16-34-30-23(24(32)33)21-17-35-25(28-21)29-26(18-10-4-1-5-11-18,19-12-6-2-7-13-19)20-14-8-3-9-15-20/h1-15,17H,16H2,(H2,27,31)(H,28,29)(H,32,33)/b30-23+. The summed E-state index contributed by atoms with van der Waals surface area (Å²) < 4.78 is 0. The third-order valence-corrected chi connectivity index (χ3v) is 5.98. The number of oxime groups is 1. The first-order valence-corrected chi connectivity index (χ1v) is 11.5. The van der Waals surface area contributed by atoms with Gasteiger partial charge in [0, 0.05) is 5.38 Å². The van der Waals surface area contributed by atoms with E-state index in [4.69, 9.17) is 10.6 Å². The number of nitrogens with zero attached hydrogens (tertiary/aromatic N) is 2. The van der Waals surface area contributed by atoms with Gasteiger partial charge in [0.05, 0.1) is 0 Å². The molecule has 0 aliphatic heterocycles. The summed E-state index contributed by atoms with van der Waals surface area (Å²) in [6, 6.07) is 29.9. The van der Waals surface area contributed by atoms with Gasteiger partial charge in [0.25, 0.3) is 5.91 Å². The minimum Gasteiger partial charge on any atom is -0.476 e. The number of hydrogen-bond acceptors (Lipinski definition) is 7. The average molecular weight is 487 g/mol. The van der Waals surface area contributed by atoms with Crippen LogP contribution in [0.5, 0.6) is 0 Å². The van der Waals surface area contributed by atoms with E-state index < -0.39 is 29.7 Å². The number of hydrogen-bond donors (Lipinski definition) is 3. The number of primary amides is 1. The molecule has 1 amide bonds. The predicted octanol–water partition coefficient (Wildman–Crippen LogP) is 3.84. The van der Waals surface area contributed by atoms with Crippen molar-refractivity contribution in [1.82, 2.24) is 4.98 Å². The number of rotatable bonds is 10. The molecule has 0 aliphatic rings. The molecule has 4 N–H and O–H groups in total. The van der Waals surface area contributed by atoms with Gasteiger partial charge in [0.1, 0.15) is 11.2 Å². The lowest BCUT2D eigenvalue weighted by molar-refractivity contribution is -0.130. The lowest BCUT2D eigenvalue weighted by atomic mass is 9.77. The van der Waals surface area contributed by atoms with Gasteiger partial charge >= 0.3 is 5.97 Å². The van der Waals surface area contributed by atoms with Gasteiger partial charge in [-0.3, -0.25) is 4.79 Å². The summed E-state index contributed by atoms with van der Waals surface area (Å²) in [5.41, 5.74) is 6.81. The van der Waals surface area contributed by atoms with Crippen LogP contribution in [0.25, 0.3) is 0 Å². The Morgan fingerprint density at radius 3 is 1.83 bits per heavy atom. The highest BCUT2D eigenvalue weighted by molar-refractivity contribution is 7.14. The number of aliphatic carboxylic acids is 1. The Labute approximate surface area is 205 Å². The normalized spacial score (nSPS) is 11.6. The van der Waals surface area contributed by atoms with Gasteiger partial charge in [-0.05, 0) is 16.7 Å². The highest BCUT2D eigenvalue weighted by Crippen LogP contribution is 2.40. The van der Waals surface area contributed by atoms with Crippen molar-refractivity contribution in [1.29, 1.82) is 0 Å². The van der Waals surface area contributed by atoms with Gasteiger partial charge in [-0.1, -0.05) is 96.2 Å². The fourth-order valence-corrected chi connectivity index (χ4v) is 4.49. The maximum Gasteiger partial charge on any atom is 0.360 e. The highest BCUT2D eigenvalue weighted by atomic mass is 32.1. The molecule has 0 saturated carbocycles. The van der Waals surface area contributed by atoms with Crippen molar-refractivity contribution in [3.05, 3.63) is 119 Å². The molecule has 0 spiro atoms. The second-order valence-corrected chi connectivity index (χ2v) is 8.35. The van der Waals surface area contributed by atoms with Gasteiger partial charge < -0.3 is 21.0 Å². The Bertz CT molecular complexity index is 1230. The summed E-state index contributed by atoms with van der Waals surface area (Å²) in [5, 5.41) is 18.7. The Morgan fingerprint density at radius 1 is 0.914 bits per heavy atom. The van der Waals surface area contributed by atoms with Crippen molar-refractivity contribution in [2.45, 2.75) is 5.54 Å². The molecule has 0 aliphatic carbocycles. The van der Waals surface area contributed by atoms with Crippen molar-refractivity contribution in [3.8, 4) is 0 Å². The maximum atomic E-state index is 11.8. The van der Waals surface area contributed by atoms with Crippen molar-refractivity contribution >= 4 is 34.1 Å². The molecule has 1 heterocycles. The molecule has 3 aromatic carbocycles. The van der Waals surface area contributed by atoms with Gasteiger partial charge in [-0.25, -0.2) is 9.78 Å². The number of carboxylic acid groups (broad SMARTS) is 1. The average Bonchev–Trinajstić information content (AvgIpc) is 3.34. The van der Waals surface area contributed by atoms with Crippen molar-refractivity contribution in [3.63, 3.8) is 0 Å². The van der Waals surface area contributed by atoms with Crippen LogP contribution in [0.3, 0.4) is 0 Å². The maximum absolute atomic E-state index is 11.8. The molecule has 4 rings (SSSR count). The Kier molecular flexibility index (Phi) is 7.18. The number of carboxylic acids is 1. The van der Waals surface area contributed by atoms with E-state index in [1.54, 1.807) is 5.38 Å². The van der Waals surface area contributed by atoms with E-state index in [1.165, 1.54) is 11.3 Å². The number of carbonyl (C=O) groups is 2. The van der Waals surface area contributed by atoms with E-state index in [0.717, 1.165) is 16.7 Å². The Morgan fingerprint density at radius 2 is 1.40 bits per heavy atom. The summed E-state index contributed by atoms with van der Waals surface area (Å²) in [7, 11) is 0. The minimum absolute atomic E-state index is 0.0950. The third kappa shape index (κ3) is 5.20. The van der Waals surface area contributed by atoms with Crippen molar-refractivity contribution < 1.29 is 19.5 Å². The second kappa shape index (κ2) is 10.6. The first-order chi connectivity index (χ1) is 17.0. The van der Waals surface area contributed by atoms with E-state index in [2.05, 4.69) is 15.5 Å². The van der Waals surface area contributed by atoms with E-state index in [-0.39, 0.29) is 5.69 Å². The monoisotopic (exact) mass is 486 g/mol. The summed E-state index contributed by atoms with van der Waals surface area (Å²) in [4.78, 5) is 31.9. The van der Waals surface area contributed by atoms with Crippen molar-refractivity contribution in [2.75, 3.05) is 11.9 Å². The number of nitrogens with one attached hydrogen (secondary N) is 1. The molecular weight excluding hydrogens is 464 g/mol. The summed E-state index contributed by atoms with van der Waals surface area (Å²) >= 11 is 1.23. The van der Waals surface area contributed by atoms with Crippen LogP contribution in [0.15, 0.2) is 102 Å². The molecule has 176 valence electrons. The van der Waals surface area contributed by atoms with Gasteiger partial charge in [0.2, 0.25) is 5.71 Å². The molecule has 0 radical (unpaired) electrons. The fourth-order valence-electron chi connectivity index (χ4n) is 3.74. The SMILES string of the molecule is NC(=O)CO/N=C(/C(=O)O)c1csc(NC(c2ccccc2)(c2ccccc2)c2ccccc2)n1. The van der Waals surface area contributed by atoms with Crippen LogP contribution in [-0.2, 0) is 20.0 Å². The molecule has 0 fully saturated rings. The number of amides is 1. The van der Waals surface area contributed by atoms with Crippen LogP contribution in [-0.4, -0.2) is 34.3 Å². The number of aromatic nitrogens is 1. The fraction of sp³-hybridized carbons (Fsp3) is 0.0769. The molecule has 0 atom stereocenters. The van der Waals surface area contributed by atoms with Crippen LogP contribution in [0.2, 0.25) is 0 Å². The number of benzene rings is 3. The molecule has 0 saturated heterocycles. The molecule has 8 nitrogen and oxygen atoms in total. The first kappa shape index (κ1) is 23.7. The first-order valence-electron chi connectivity index (χ1n) is 10.6. The van der Waals surface area contributed by atoms with E-state index in [0.29, 0.717) is 5.13 Å². The number of carbonyl (C=O) groups excluding carboxylic acids is 1. The van der Waals surface area contributed by atoms with E-state index in [9.17, 15) is 14.7 Å². The van der Waals surface area contributed by atoms with E-state index >= 15 is 0 Å². The van der Waals surface area contributed by atoms with Crippen LogP contribution < -0.4 is 11.1 Å². The molecule has 9 heteroatoms. The summed E-state index contributed by atoms with van der Waals surface area (Å²) in [6.45, 7) is -0.537. The van der Waals surface area contributed by atoms with Crippen LogP contribution in [0, 0.1) is 0 Å². The summed E-state index contributed by atoms with van der Waals surface area (Å²) in [5.74, 6) is -2.11. The van der Waals surface area contributed by atoms with Crippen LogP contribution >= 0.6 is 11.3 Å². The smallest absolute Gasteiger partial charge is 0.360 e. The molecule has 4 aromatic rings. The lowest BCUT2D eigenvalue weighted by Crippen LogP contribution is -2.38. The molecule has 35 heavy (non-hydrogen) atoms. The number of nitrogens with two attached hydrogens (primary N) is 1. The molecular formula is C26H22N4O4S. The molecule has 0 bridgehead atoms. The van der Waals surface area contributed by atoms with Gasteiger partial charge in [-0.2, -0.15) is 0 Å². The van der Waals surface area contributed by atoms with E-state index in [1.807, 2.05) is 91.0 Å². The number of thiazole rings is 1. The van der Waals surface area contributed by atoms with Gasteiger partial charge in [0.15, 0.2) is 11.7 Å². The molecule has 0 unspecified atom stereocenters. The van der Waals surface area contributed by atoms with Gasteiger partial charge in [-0.15, -0.1) is 11.3 Å². The predicted molar refractivity (Wildman–Crippen MR) is 134 cm³/mol. The second-order valence-electron chi connectivity index (χ2n) is 7.50. The zero-order chi connectivity index (χ0) is 24.7. The van der Waals surface area contributed by atoms with Crippen LogP contribution in [0.1, 0.15) is 22.4 Å². The zero-order valence-electron chi connectivity index (χ0n) is 18.5. The lowest BCUT2D eigenvalue weighted by Gasteiger charge is -2.36. The molecule has 1 aromatic heterocycles. The Hall–Kier alpha value is -4.50. The summed E-state index contributed by atoms with van der Waals surface area (Å²) in [6.07, 6.45) is 0. The quantitative estimate of drug-likeness (QED) is 0.178. The van der Waals surface area contributed by atoms with Crippen LogP contribution in [0.4, 0.5) is 5.13 Å². The highest BCUT2D eigenvalue weighted by Gasteiger charge is 2.37. The zero-order valence-corrected chi connectivity index (χ0v) is 19.3.